The second kappa shape index (κ2) is 5.49. The number of methoxy groups -OCH3 is 1. The molecule has 104 valence electrons. The van der Waals surface area contributed by atoms with E-state index in [4.69, 9.17) is 14.3 Å². The Morgan fingerprint density at radius 2 is 2.10 bits per heavy atom. The molecule has 0 bridgehead atoms. The fourth-order valence-electron chi connectivity index (χ4n) is 1.60. The lowest BCUT2D eigenvalue weighted by Gasteiger charge is -1.94. The summed E-state index contributed by atoms with van der Waals surface area (Å²) in [7, 11) is 1.41. The number of hydrogen-bond acceptors (Lipinski definition) is 6. The molecule has 0 unspecified atom stereocenters. The number of rotatable bonds is 5. The number of hydrogen-bond donors (Lipinski definition) is 1. The van der Waals surface area contributed by atoms with Crippen molar-refractivity contribution >= 4 is 11.7 Å². The highest BCUT2D eigenvalue weighted by Gasteiger charge is 2.20. The number of nitrogens with zero attached hydrogens (tertiary/aromatic N) is 2. The average molecular weight is 278 g/mol. The number of aromatic carboxylic acids is 1. The van der Waals surface area contributed by atoms with Crippen molar-refractivity contribution < 1.29 is 24.0 Å². The van der Waals surface area contributed by atoms with Crippen LogP contribution in [-0.4, -0.2) is 28.1 Å². The van der Waals surface area contributed by atoms with Crippen LogP contribution in [-0.2, 0) is 11.3 Å². The molecule has 1 aromatic heterocycles. The summed E-state index contributed by atoms with van der Waals surface area (Å²) < 4.78 is 10.00. The molecule has 0 spiro atoms. The van der Waals surface area contributed by atoms with E-state index >= 15 is 0 Å². The molecule has 0 aliphatic heterocycles. The van der Waals surface area contributed by atoms with Gasteiger partial charge in [-0.1, -0.05) is 0 Å². The third kappa shape index (κ3) is 2.64. The number of ether oxygens (including phenoxy) is 1. The minimum absolute atomic E-state index is 0.00187. The van der Waals surface area contributed by atoms with Gasteiger partial charge in [0.25, 0.3) is 5.69 Å². The zero-order valence-electron chi connectivity index (χ0n) is 10.4. The molecule has 1 N–H and O–H groups in total. The van der Waals surface area contributed by atoms with Gasteiger partial charge >= 0.3 is 5.97 Å². The zero-order valence-corrected chi connectivity index (χ0v) is 10.4. The van der Waals surface area contributed by atoms with Gasteiger partial charge in [-0.15, -0.1) is 0 Å². The van der Waals surface area contributed by atoms with Gasteiger partial charge < -0.3 is 14.3 Å². The first-order valence-corrected chi connectivity index (χ1v) is 5.49. The molecule has 8 heteroatoms. The van der Waals surface area contributed by atoms with E-state index in [1.807, 2.05) is 0 Å². The molecule has 20 heavy (non-hydrogen) atoms. The fourth-order valence-corrected chi connectivity index (χ4v) is 1.60. The van der Waals surface area contributed by atoms with Crippen LogP contribution in [0.2, 0.25) is 0 Å². The molecule has 0 fully saturated rings. The average Bonchev–Trinajstić information content (AvgIpc) is 2.83. The molecule has 0 saturated carbocycles. The van der Waals surface area contributed by atoms with Gasteiger partial charge in [0.05, 0.1) is 11.5 Å². The van der Waals surface area contributed by atoms with E-state index in [9.17, 15) is 14.9 Å². The lowest BCUT2D eigenvalue weighted by molar-refractivity contribution is -0.384. The summed E-state index contributed by atoms with van der Waals surface area (Å²) in [6, 6.07) is 5.45. The maximum absolute atomic E-state index is 11.0. The Morgan fingerprint density at radius 3 is 2.60 bits per heavy atom. The maximum atomic E-state index is 11.0. The molecule has 2 aromatic rings. The van der Waals surface area contributed by atoms with Gasteiger partial charge in [-0.25, -0.2) is 9.78 Å². The predicted octanol–water partition coefficient (Wildman–Crippen LogP) is 2.09. The molecule has 8 nitrogen and oxygen atoms in total. The number of nitro benzene ring substituents is 1. The number of benzene rings is 1. The van der Waals surface area contributed by atoms with Crippen molar-refractivity contribution in [2.75, 3.05) is 7.11 Å². The minimum atomic E-state index is -1.25. The largest absolute Gasteiger partial charge is 0.475 e. The highest BCUT2D eigenvalue weighted by molar-refractivity contribution is 5.86. The Labute approximate surface area is 112 Å². The van der Waals surface area contributed by atoms with Crippen LogP contribution >= 0.6 is 0 Å². The summed E-state index contributed by atoms with van der Waals surface area (Å²) in [5.74, 6) is -1.48. The number of non-ortho nitro benzene ring substituents is 1. The molecule has 0 saturated heterocycles. The van der Waals surface area contributed by atoms with Crippen LogP contribution in [0.1, 0.15) is 16.2 Å². The first-order valence-electron chi connectivity index (χ1n) is 5.49. The van der Waals surface area contributed by atoms with Gasteiger partial charge in [0.1, 0.15) is 5.69 Å². The smallest absolute Gasteiger partial charge is 0.373 e. The molecule has 1 aromatic carbocycles. The van der Waals surface area contributed by atoms with Crippen LogP contribution in [0.5, 0.6) is 0 Å². The Kier molecular flexibility index (Phi) is 3.76. The van der Waals surface area contributed by atoms with Crippen molar-refractivity contribution in [3.63, 3.8) is 0 Å². The van der Waals surface area contributed by atoms with E-state index in [1.54, 1.807) is 0 Å². The lowest BCUT2D eigenvalue weighted by Crippen LogP contribution is -2.00. The SMILES string of the molecule is COCc1nc(-c2ccc([N+](=O)[O-])cc2)oc1C(=O)O. The number of nitro groups is 1. The van der Waals surface area contributed by atoms with Crippen molar-refractivity contribution in [2.45, 2.75) is 6.61 Å². The van der Waals surface area contributed by atoms with E-state index in [0.29, 0.717) is 5.56 Å². The van der Waals surface area contributed by atoms with Crippen LogP contribution in [0.3, 0.4) is 0 Å². The van der Waals surface area contributed by atoms with E-state index in [1.165, 1.54) is 31.4 Å². The Morgan fingerprint density at radius 1 is 1.45 bits per heavy atom. The topological polar surface area (TPSA) is 116 Å². The van der Waals surface area contributed by atoms with Crippen LogP contribution in [0, 0.1) is 10.1 Å². The Hall–Kier alpha value is -2.74. The Balaban J connectivity index is 2.39. The van der Waals surface area contributed by atoms with Crippen molar-refractivity contribution in [3.8, 4) is 11.5 Å². The van der Waals surface area contributed by atoms with Crippen LogP contribution in [0.25, 0.3) is 11.5 Å². The molecule has 0 radical (unpaired) electrons. The van der Waals surface area contributed by atoms with Crippen molar-refractivity contribution in [3.05, 3.63) is 45.8 Å². The van der Waals surface area contributed by atoms with E-state index < -0.39 is 10.9 Å². The first-order chi connectivity index (χ1) is 9.52. The molecule has 0 aliphatic carbocycles. The summed E-state index contributed by atoms with van der Waals surface area (Å²) in [5.41, 5.74) is 0.532. The maximum Gasteiger partial charge on any atom is 0.373 e. The highest BCUT2D eigenvalue weighted by atomic mass is 16.6. The third-order valence-corrected chi connectivity index (χ3v) is 2.50. The number of aromatic nitrogens is 1. The number of carboxylic acid groups (broad SMARTS) is 1. The molecule has 2 rings (SSSR count). The van der Waals surface area contributed by atoms with Crippen LogP contribution in [0.15, 0.2) is 28.7 Å². The predicted molar refractivity (Wildman–Crippen MR) is 66.3 cm³/mol. The minimum Gasteiger partial charge on any atom is -0.475 e. The molecule has 1 heterocycles. The highest BCUT2D eigenvalue weighted by Crippen LogP contribution is 2.24. The van der Waals surface area contributed by atoms with Gasteiger partial charge in [0.2, 0.25) is 11.7 Å². The van der Waals surface area contributed by atoms with E-state index in [-0.39, 0.29) is 29.6 Å². The van der Waals surface area contributed by atoms with E-state index in [0.717, 1.165) is 0 Å². The quantitative estimate of drug-likeness (QED) is 0.657. The zero-order chi connectivity index (χ0) is 14.7. The van der Waals surface area contributed by atoms with Crippen molar-refractivity contribution in [2.24, 2.45) is 0 Å². The summed E-state index contributed by atoms with van der Waals surface area (Å²) in [5, 5.41) is 19.5. The molecule has 0 aliphatic rings. The number of carboxylic acids is 1. The van der Waals surface area contributed by atoms with E-state index in [2.05, 4.69) is 4.98 Å². The summed E-state index contributed by atoms with van der Waals surface area (Å²) in [6.45, 7) is -0.00187. The van der Waals surface area contributed by atoms with Crippen LogP contribution < -0.4 is 0 Å². The van der Waals surface area contributed by atoms with Gasteiger partial charge in [-0.2, -0.15) is 0 Å². The molecule has 0 atom stereocenters. The molecular formula is C12H10N2O6. The standard InChI is InChI=1S/C12H10N2O6/c1-19-6-9-10(12(15)16)20-11(13-9)7-2-4-8(5-3-7)14(17)18/h2-5H,6H2,1H3,(H,15,16). The molecule has 0 amide bonds. The summed E-state index contributed by atoms with van der Waals surface area (Å²) >= 11 is 0. The first kappa shape index (κ1) is 13.7. The van der Waals surface area contributed by atoms with Crippen molar-refractivity contribution in [1.29, 1.82) is 0 Å². The van der Waals surface area contributed by atoms with Gasteiger partial charge in [-0.05, 0) is 12.1 Å². The van der Waals surface area contributed by atoms with Crippen LogP contribution in [0.4, 0.5) is 5.69 Å². The van der Waals surface area contributed by atoms with Gasteiger partial charge in [-0.3, -0.25) is 10.1 Å². The second-order valence-corrected chi connectivity index (χ2v) is 3.84. The van der Waals surface area contributed by atoms with Gasteiger partial charge in [0, 0.05) is 24.8 Å². The van der Waals surface area contributed by atoms with Gasteiger partial charge in [0.15, 0.2) is 0 Å². The van der Waals surface area contributed by atoms with Crippen molar-refractivity contribution in [1.82, 2.24) is 4.98 Å². The fraction of sp³-hybridized carbons (Fsp3) is 0.167. The summed E-state index contributed by atoms with van der Waals surface area (Å²) in [4.78, 5) is 25.1. The lowest BCUT2D eigenvalue weighted by atomic mass is 10.2. The molecular weight excluding hydrogens is 268 g/mol. The monoisotopic (exact) mass is 278 g/mol. The second-order valence-electron chi connectivity index (χ2n) is 3.84. The number of carbonyl (C=O) groups is 1. The summed E-state index contributed by atoms with van der Waals surface area (Å²) in [6.07, 6.45) is 0. The normalized spacial score (nSPS) is 10.4. The Bertz CT molecular complexity index is 646. The number of oxazole rings is 1. The third-order valence-electron chi connectivity index (χ3n) is 2.50.